The summed E-state index contributed by atoms with van der Waals surface area (Å²) in [6.07, 6.45) is 2.79. The molecular formula is C10H6F2N2. The van der Waals surface area contributed by atoms with Crippen LogP contribution in [0.3, 0.4) is 0 Å². The van der Waals surface area contributed by atoms with Crippen LogP contribution in [0.1, 0.15) is 0 Å². The van der Waals surface area contributed by atoms with Crippen LogP contribution in [-0.4, -0.2) is 9.97 Å². The number of rotatable bonds is 1. The van der Waals surface area contributed by atoms with Crippen molar-refractivity contribution in [3.8, 4) is 11.4 Å². The molecule has 2 aromatic rings. The van der Waals surface area contributed by atoms with E-state index in [0.717, 1.165) is 0 Å². The van der Waals surface area contributed by atoms with Crippen LogP contribution < -0.4 is 0 Å². The van der Waals surface area contributed by atoms with Crippen LogP contribution in [0, 0.1) is 11.6 Å². The third-order valence-corrected chi connectivity index (χ3v) is 1.74. The van der Waals surface area contributed by atoms with Gasteiger partial charge in [0, 0.05) is 12.4 Å². The number of halogens is 2. The molecule has 0 saturated heterocycles. The molecule has 0 fully saturated rings. The van der Waals surface area contributed by atoms with Crippen LogP contribution in [0.15, 0.2) is 36.7 Å². The van der Waals surface area contributed by atoms with Crippen LogP contribution in [-0.2, 0) is 0 Å². The summed E-state index contributed by atoms with van der Waals surface area (Å²) in [7, 11) is 0. The maximum Gasteiger partial charge on any atom is 0.151 e. The fourth-order valence-electron chi connectivity index (χ4n) is 1.12. The van der Waals surface area contributed by atoms with Gasteiger partial charge in [-0.25, -0.2) is 8.78 Å². The van der Waals surface area contributed by atoms with Crippen LogP contribution >= 0.6 is 0 Å². The van der Waals surface area contributed by atoms with Crippen molar-refractivity contribution in [2.75, 3.05) is 0 Å². The first-order valence-electron chi connectivity index (χ1n) is 4.00. The summed E-state index contributed by atoms with van der Waals surface area (Å²) in [6.45, 7) is 0. The van der Waals surface area contributed by atoms with Crippen molar-refractivity contribution < 1.29 is 8.78 Å². The van der Waals surface area contributed by atoms with Crippen LogP contribution in [0.4, 0.5) is 8.78 Å². The van der Waals surface area contributed by atoms with Gasteiger partial charge >= 0.3 is 0 Å². The lowest BCUT2D eigenvalue weighted by Crippen LogP contribution is -1.94. The second kappa shape index (κ2) is 3.49. The Hall–Kier alpha value is -1.84. The van der Waals surface area contributed by atoms with E-state index in [0.29, 0.717) is 0 Å². The number of aromatic nitrogens is 2. The highest BCUT2D eigenvalue weighted by molar-refractivity contribution is 5.54. The Morgan fingerprint density at radius 1 is 0.786 bits per heavy atom. The smallest absolute Gasteiger partial charge is 0.151 e. The molecule has 0 aliphatic heterocycles. The van der Waals surface area contributed by atoms with Gasteiger partial charge < -0.3 is 0 Å². The molecule has 0 aliphatic carbocycles. The van der Waals surface area contributed by atoms with Crippen LogP contribution in [0.5, 0.6) is 0 Å². The molecule has 0 radical (unpaired) electrons. The second-order valence-electron chi connectivity index (χ2n) is 2.67. The standard InChI is InChI=1S/C10H6F2N2/c11-7-3-1-5-13-9(7)10-8(12)4-2-6-14-10/h1-6H. The molecule has 2 heterocycles. The molecule has 70 valence electrons. The third-order valence-electron chi connectivity index (χ3n) is 1.74. The number of hydrogen-bond acceptors (Lipinski definition) is 2. The Labute approximate surface area is 79.3 Å². The van der Waals surface area contributed by atoms with Gasteiger partial charge in [0.05, 0.1) is 0 Å². The van der Waals surface area contributed by atoms with Gasteiger partial charge in [0.2, 0.25) is 0 Å². The number of hydrogen-bond donors (Lipinski definition) is 0. The highest BCUT2D eigenvalue weighted by Gasteiger charge is 2.11. The summed E-state index contributed by atoms with van der Waals surface area (Å²) in [5.41, 5.74) is -0.129. The van der Waals surface area contributed by atoms with E-state index in [9.17, 15) is 8.78 Å². The van der Waals surface area contributed by atoms with Gasteiger partial charge in [0.25, 0.3) is 0 Å². The quantitative estimate of drug-likeness (QED) is 0.693. The molecule has 0 spiro atoms. The summed E-state index contributed by atoms with van der Waals surface area (Å²) in [4.78, 5) is 7.46. The molecule has 0 N–H and O–H groups in total. The van der Waals surface area contributed by atoms with Gasteiger partial charge in [-0.1, -0.05) is 0 Å². The molecule has 4 heteroatoms. The van der Waals surface area contributed by atoms with Crippen LogP contribution in [0.2, 0.25) is 0 Å². The SMILES string of the molecule is Fc1cccnc1-c1ncccc1F. The Balaban J connectivity index is 2.61. The molecule has 0 aliphatic rings. The van der Waals surface area contributed by atoms with E-state index < -0.39 is 11.6 Å². The Morgan fingerprint density at radius 2 is 1.21 bits per heavy atom. The Kier molecular flexibility index (Phi) is 2.18. The summed E-state index contributed by atoms with van der Waals surface area (Å²) in [5.74, 6) is -1.16. The van der Waals surface area contributed by atoms with E-state index >= 15 is 0 Å². The zero-order chi connectivity index (χ0) is 9.97. The molecule has 0 atom stereocenters. The molecule has 0 aromatic carbocycles. The van der Waals surface area contributed by atoms with Crippen molar-refractivity contribution in [1.82, 2.24) is 9.97 Å². The van der Waals surface area contributed by atoms with Gasteiger partial charge in [-0.05, 0) is 24.3 Å². The summed E-state index contributed by atoms with van der Waals surface area (Å²) < 4.78 is 26.4. The topological polar surface area (TPSA) is 25.8 Å². The molecule has 0 bridgehead atoms. The third kappa shape index (κ3) is 1.46. The van der Waals surface area contributed by atoms with Crippen molar-refractivity contribution in [2.45, 2.75) is 0 Å². The van der Waals surface area contributed by atoms with Gasteiger partial charge in [-0.3, -0.25) is 9.97 Å². The van der Waals surface area contributed by atoms with E-state index in [2.05, 4.69) is 9.97 Å². The number of pyridine rings is 2. The average Bonchev–Trinajstić information content (AvgIpc) is 2.20. The maximum atomic E-state index is 13.2. The molecule has 0 amide bonds. The molecule has 0 saturated carbocycles. The minimum Gasteiger partial charge on any atom is -0.251 e. The van der Waals surface area contributed by atoms with Gasteiger partial charge in [0.1, 0.15) is 11.4 Å². The van der Waals surface area contributed by atoms with Gasteiger partial charge in [-0.15, -0.1) is 0 Å². The van der Waals surface area contributed by atoms with Crippen molar-refractivity contribution in [3.63, 3.8) is 0 Å². The van der Waals surface area contributed by atoms with Crippen molar-refractivity contribution in [3.05, 3.63) is 48.3 Å². The molecule has 0 unspecified atom stereocenters. The molecule has 2 nitrogen and oxygen atoms in total. The highest BCUT2D eigenvalue weighted by atomic mass is 19.1. The van der Waals surface area contributed by atoms with Crippen molar-refractivity contribution >= 4 is 0 Å². The first-order chi connectivity index (χ1) is 6.79. The van der Waals surface area contributed by atoms with Crippen molar-refractivity contribution in [1.29, 1.82) is 0 Å². The van der Waals surface area contributed by atoms with Gasteiger partial charge in [-0.2, -0.15) is 0 Å². The second-order valence-corrected chi connectivity index (χ2v) is 2.67. The Morgan fingerprint density at radius 3 is 1.57 bits per heavy atom. The van der Waals surface area contributed by atoms with E-state index in [1.54, 1.807) is 0 Å². The van der Waals surface area contributed by atoms with Gasteiger partial charge in [0.15, 0.2) is 11.6 Å². The average molecular weight is 192 g/mol. The Bertz CT molecular complexity index is 414. The monoisotopic (exact) mass is 192 g/mol. The lowest BCUT2D eigenvalue weighted by Gasteiger charge is -2.01. The van der Waals surface area contributed by atoms with E-state index in [1.165, 1.54) is 36.7 Å². The minimum absolute atomic E-state index is 0.0643. The summed E-state index contributed by atoms with van der Waals surface area (Å²) in [6, 6.07) is 5.33. The molecule has 14 heavy (non-hydrogen) atoms. The van der Waals surface area contributed by atoms with E-state index in [1.807, 2.05) is 0 Å². The molecule has 2 rings (SSSR count). The fraction of sp³-hybridized carbons (Fsp3) is 0. The number of nitrogens with zero attached hydrogens (tertiary/aromatic N) is 2. The summed E-state index contributed by atoms with van der Waals surface area (Å²) in [5, 5.41) is 0. The molecule has 2 aromatic heterocycles. The summed E-state index contributed by atoms with van der Waals surface area (Å²) >= 11 is 0. The highest BCUT2D eigenvalue weighted by Crippen LogP contribution is 2.19. The zero-order valence-corrected chi connectivity index (χ0v) is 7.11. The largest absolute Gasteiger partial charge is 0.251 e. The lowest BCUT2D eigenvalue weighted by molar-refractivity contribution is 0.607. The van der Waals surface area contributed by atoms with E-state index in [4.69, 9.17) is 0 Å². The lowest BCUT2D eigenvalue weighted by atomic mass is 10.2. The first kappa shape index (κ1) is 8.74. The zero-order valence-electron chi connectivity index (χ0n) is 7.11. The molecular weight excluding hydrogens is 186 g/mol. The predicted octanol–water partition coefficient (Wildman–Crippen LogP) is 2.42. The normalized spacial score (nSPS) is 10.1. The van der Waals surface area contributed by atoms with Crippen molar-refractivity contribution in [2.24, 2.45) is 0 Å². The van der Waals surface area contributed by atoms with Crippen LogP contribution in [0.25, 0.3) is 11.4 Å². The predicted molar refractivity (Wildman–Crippen MR) is 47.4 cm³/mol. The minimum atomic E-state index is -0.579. The first-order valence-corrected chi connectivity index (χ1v) is 4.00. The maximum absolute atomic E-state index is 13.2. The fourth-order valence-corrected chi connectivity index (χ4v) is 1.12. The van der Waals surface area contributed by atoms with E-state index in [-0.39, 0.29) is 11.4 Å².